The summed E-state index contributed by atoms with van der Waals surface area (Å²) in [5, 5.41) is 12.1. The van der Waals surface area contributed by atoms with Crippen LogP contribution in [0.2, 0.25) is 0 Å². The zero-order valence-corrected chi connectivity index (χ0v) is 18.0. The Kier molecular flexibility index (Phi) is 7.17. The van der Waals surface area contributed by atoms with E-state index in [1.165, 1.54) is 24.3 Å². The van der Waals surface area contributed by atoms with Gasteiger partial charge >= 0.3 is 5.97 Å². The van der Waals surface area contributed by atoms with Crippen LogP contribution in [0.4, 0.5) is 11.4 Å². The molecule has 2 aromatic carbocycles. The number of benzene rings is 2. The molecule has 2 atom stereocenters. The Morgan fingerprint density at radius 2 is 1.55 bits per heavy atom. The molecule has 0 aliphatic heterocycles. The summed E-state index contributed by atoms with van der Waals surface area (Å²) in [5.74, 6) is -1.94. The minimum atomic E-state index is -3.81. The first-order valence-electron chi connectivity index (χ1n) is 10.2. The molecule has 0 heterocycles. The first kappa shape index (κ1) is 22.6. The molecular formula is C22H26N2O6S. The number of amides is 1. The van der Waals surface area contributed by atoms with Crippen LogP contribution in [0.1, 0.15) is 32.6 Å². The lowest BCUT2D eigenvalue weighted by atomic mass is 9.78. The van der Waals surface area contributed by atoms with Crippen LogP contribution in [0, 0.1) is 11.8 Å². The molecular weight excluding hydrogens is 420 g/mol. The maximum atomic E-state index is 12.6. The third-order valence-corrected chi connectivity index (χ3v) is 6.67. The monoisotopic (exact) mass is 446 g/mol. The Hall–Kier alpha value is -3.07. The number of rotatable bonds is 8. The summed E-state index contributed by atoms with van der Waals surface area (Å²) in [6.45, 7) is 2.38. The lowest BCUT2D eigenvalue weighted by Gasteiger charge is -2.27. The van der Waals surface area contributed by atoms with Crippen molar-refractivity contribution in [2.75, 3.05) is 16.6 Å². The first-order valence-corrected chi connectivity index (χ1v) is 11.7. The van der Waals surface area contributed by atoms with Gasteiger partial charge in [-0.1, -0.05) is 12.8 Å². The number of carbonyl (C=O) groups excluding carboxylic acids is 1. The molecule has 166 valence electrons. The van der Waals surface area contributed by atoms with E-state index < -0.39 is 27.8 Å². The minimum absolute atomic E-state index is 0.0421. The van der Waals surface area contributed by atoms with Gasteiger partial charge in [0.25, 0.3) is 10.0 Å². The van der Waals surface area contributed by atoms with Crippen LogP contribution in [0.5, 0.6) is 5.75 Å². The molecule has 3 N–H and O–H groups in total. The normalized spacial score (nSPS) is 18.7. The van der Waals surface area contributed by atoms with E-state index in [1.54, 1.807) is 24.3 Å². The summed E-state index contributed by atoms with van der Waals surface area (Å²) in [7, 11) is -3.81. The second-order valence-corrected chi connectivity index (χ2v) is 9.09. The predicted molar refractivity (Wildman–Crippen MR) is 117 cm³/mol. The van der Waals surface area contributed by atoms with E-state index >= 15 is 0 Å². The van der Waals surface area contributed by atoms with Gasteiger partial charge in [-0.3, -0.25) is 14.3 Å². The Morgan fingerprint density at radius 3 is 2.13 bits per heavy atom. The molecule has 1 saturated carbocycles. The van der Waals surface area contributed by atoms with Gasteiger partial charge in [-0.25, -0.2) is 8.42 Å². The summed E-state index contributed by atoms with van der Waals surface area (Å²) >= 11 is 0. The van der Waals surface area contributed by atoms with E-state index in [4.69, 9.17) is 4.74 Å². The van der Waals surface area contributed by atoms with Crippen LogP contribution < -0.4 is 14.8 Å². The highest BCUT2D eigenvalue weighted by atomic mass is 32.2. The van der Waals surface area contributed by atoms with Gasteiger partial charge < -0.3 is 15.2 Å². The Balaban J connectivity index is 1.66. The van der Waals surface area contributed by atoms with Crippen LogP contribution >= 0.6 is 0 Å². The fraction of sp³-hybridized carbons (Fsp3) is 0.364. The molecule has 0 saturated heterocycles. The van der Waals surface area contributed by atoms with Crippen LogP contribution in [0.3, 0.4) is 0 Å². The topological polar surface area (TPSA) is 122 Å². The standard InChI is InChI=1S/C22H26N2O6S/c1-2-30-17-11-7-16(8-12-17)24-31(28,29)18-13-9-15(10-14-18)23-21(25)19-5-3-4-6-20(19)22(26)27/h7-14,19-20,24H,2-6H2,1H3,(H,23,25)(H,26,27)/t19-,20-/m1/s1. The summed E-state index contributed by atoms with van der Waals surface area (Å²) in [4.78, 5) is 24.0. The number of carboxylic acids is 1. The zero-order valence-electron chi connectivity index (χ0n) is 17.2. The van der Waals surface area contributed by atoms with Gasteiger partial charge in [0.15, 0.2) is 0 Å². The second-order valence-electron chi connectivity index (χ2n) is 7.41. The molecule has 31 heavy (non-hydrogen) atoms. The molecule has 9 heteroatoms. The maximum absolute atomic E-state index is 12.6. The lowest BCUT2D eigenvalue weighted by Crippen LogP contribution is -2.36. The molecule has 1 fully saturated rings. The molecule has 0 bridgehead atoms. The van der Waals surface area contributed by atoms with Gasteiger partial charge in [-0.05, 0) is 68.3 Å². The highest BCUT2D eigenvalue weighted by Gasteiger charge is 2.35. The van der Waals surface area contributed by atoms with Gasteiger partial charge in [-0.2, -0.15) is 0 Å². The van der Waals surface area contributed by atoms with Gasteiger partial charge in [0.2, 0.25) is 5.91 Å². The molecule has 0 aromatic heterocycles. The molecule has 8 nitrogen and oxygen atoms in total. The van der Waals surface area contributed by atoms with Crippen molar-refractivity contribution >= 4 is 33.3 Å². The van der Waals surface area contributed by atoms with E-state index in [9.17, 15) is 23.1 Å². The average molecular weight is 447 g/mol. The highest BCUT2D eigenvalue weighted by molar-refractivity contribution is 7.92. The summed E-state index contributed by atoms with van der Waals surface area (Å²) in [6, 6.07) is 12.3. The zero-order chi connectivity index (χ0) is 22.4. The number of sulfonamides is 1. The molecule has 0 unspecified atom stereocenters. The third-order valence-electron chi connectivity index (χ3n) is 5.27. The summed E-state index contributed by atoms with van der Waals surface area (Å²) < 4.78 is 33.1. The van der Waals surface area contributed by atoms with Crippen LogP contribution in [0.25, 0.3) is 0 Å². The van der Waals surface area contributed by atoms with Crippen molar-refractivity contribution in [2.45, 2.75) is 37.5 Å². The summed E-state index contributed by atoms with van der Waals surface area (Å²) in [6.07, 6.45) is 2.63. The van der Waals surface area contributed by atoms with E-state index in [0.717, 1.165) is 12.8 Å². The number of hydrogen-bond donors (Lipinski definition) is 3. The number of anilines is 2. The van der Waals surface area contributed by atoms with Crippen molar-refractivity contribution in [1.29, 1.82) is 0 Å². The van der Waals surface area contributed by atoms with Crippen LogP contribution in [-0.4, -0.2) is 32.0 Å². The Labute approximate surface area is 181 Å². The van der Waals surface area contributed by atoms with Gasteiger partial charge in [-0.15, -0.1) is 0 Å². The van der Waals surface area contributed by atoms with E-state index in [0.29, 0.717) is 36.6 Å². The second kappa shape index (κ2) is 9.82. The third kappa shape index (κ3) is 5.75. The van der Waals surface area contributed by atoms with Crippen molar-refractivity contribution in [3.05, 3.63) is 48.5 Å². The van der Waals surface area contributed by atoms with Crippen molar-refractivity contribution in [2.24, 2.45) is 11.8 Å². The fourth-order valence-corrected chi connectivity index (χ4v) is 4.75. The molecule has 1 aliphatic rings. The largest absolute Gasteiger partial charge is 0.494 e. The smallest absolute Gasteiger partial charge is 0.307 e. The minimum Gasteiger partial charge on any atom is -0.494 e. The van der Waals surface area contributed by atoms with Gasteiger partial charge in [0.05, 0.1) is 23.3 Å². The first-order chi connectivity index (χ1) is 14.8. The van der Waals surface area contributed by atoms with Gasteiger partial charge in [0.1, 0.15) is 5.75 Å². The number of carboxylic acid groups (broad SMARTS) is 1. The number of nitrogens with one attached hydrogen (secondary N) is 2. The van der Waals surface area contributed by atoms with E-state index in [1.807, 2.05) is 6.92 Å². The van der Waals surface area contributed by atoms with E-state index in [2.05, 4.69) is 10.0 Å². The number of hydrogen-bond acceptors (Lipinski definition) is 5. The van der Waals surface area contributed by atoms with E-state index in [-0.39, 0.29) is 10.8 Å². The maximum Gasteiger partial charge on any atom is 0.307 e. The fourth-order valence-electron chi connectivity index (χ4n) is 3.69. The average Bonchev–Trinajstić information content (AvgIpc) is 2.75. The molecule has 1 aliphatic carbocycles. The molecule has 1 amide bonds. The predicted octanol–water partition coefficient (Wildman–Crippen LogP) is 3.72. The molecule has 0 radical (unpaired) electrons. The van der Waals surface area contributed by atoms with Gasteiger partial charge in [0, 0.05) is 11.4 Å². The number of aliphatic carboxylic acids is 1. The van der Waals surface area contributed by atoms with Crippen molar-refractivity contribution < 1.29 is 27.9 Å². The number of carbonyl (C=O) groups is 2. The Morgan fingerprint density at radius 1 is 0.968 bits per heavy atom. The van der Waals surface area contributed by atoms with Crippen LogP contribution in [-0.2, 0) is 19.6 Å². The highest BCUT2D eigenvalue weighted by Crippen LogP contribution is 2.31. The van der Waals surface area contributed by atoms with Crippen LogP contribution in [0.15, 0.2) is 53.4 Å². The summed E-state index contributed by atoms with van der Waals surface area (Å²) in [5.41, 5.74) is 0.817. The number of ether oxygens (including phenoxy) is 1. The lowest BCUT2D eigenvalue weighted by molar-refractivity contribution is -0.147. The van der Waals surface area contributed by atoms with Crippen molar-refractivity contribution in [1.82, 2.24) is 0 Å². The molecule has 2 aromatic rings. The molecule has 0 spiro atoms. The molecule has 3 rings (SSSR count). The quantitative estimate of drug-likeness (QED) is 0.568. The van der Waals surface area contributed by atoms with Crippen molar-refractivity contribution in [3.8, 4) is 5.75 Å². The van der Waals surface area contributed by atoms with Crippen molar-refractivity contribution in [3.63, 3.8) is 0 Å². The Bertz CT molecular complexity index is 1020. The SMILES string of the molecule is CCOc1ccc(NS(=O)(=O)c2ccc(NC(=O)[C@@H]3CCCC[C@H]3C(=O)O)cc2)cc1.